The van der Waals surface area contributed by atoms with Crippen molar-refractivity contribution in [3.63, 3.8) is 0 Å². The van der Waals surface area contributed by atoms with Gasteiger partial charge in [0.2, 0.25) is 5.91 Å². The topological polar surface area (TPSA) is 78.2 Å². The van der Waals surface area contributed by atoms with Crippen molar-refractivity contribution in [3.05, 3.63) is 40.6 Å². The van der Waals surface area contributed by atoms with E-state index in [4.69, 9.17) is 4.74 Å². The number of aryl methyl sites for hydroxylation is 1. The molecule has 1 aliphatic carbocycles. The van der Waals surface area contributed by atoms with Gasteiger partial charge in [-0.3, -0.25) is 9.36 Å². The Kier molecular flexibility index (Phi) is 5.27. The summed E-state index contributed by atoms with van der Waals surface area (Å²) < 4.78 is 8.96. The number of carbonyl (C=O) groups excluding carboxylic acids is 1. The van der Waals surface area contributed by atoms with Gasteiger partial charge in [0.25, 0.3) is 0 Å². The van der Waals surface area contributed by atoms with Gasteiger partial charge in [0, 0.05) is 24.7 Å². The number of hydrogen-bond donors (Lipinski definition) is 1. The fourth-order valence-electron chi connectivity index (χ4n) is 3.91. The SMILES string of the molecule is O=C(Cn1nc2n(c1=O)CCCCC2)Nc1cccc(OC2CCCC2)c1. The summed E-state index contributed by atoms with van der Waals surface area (Å²) in [6, 6.07) is 7.43. The predicted molar refractivity (Wildman–Crippen MR) is 102 cm³/mol. The Morgan fingerprint density at radius 2 is 2.04 bits per heavy atom. The van der Waals surface area contributed by atoms with Gasteiger partial charge in [-0.2, -0.15) is 5.10 Å². The van der Waals surface area contributed by atoms with Crippen LogP contribution in [0, 0.1) is 0 Å². The molecule has 0 atom stereocenters. The van der Waals surface area contributed by atoms with E-state index < -0.39 is 0 Å². The smallest absolute Gasteiger partial charge is 0.346 e. The van der Waals surface area contributed by atoms with Crippen LogP contribution in [0.5, 0.6) is 5.75 Å². The molecule has 0 spiro atoms. The summed E-state index contributed by atoms with van der Waals surface area (Å²) >= 11 is 0. The minimum Gasteiger partial charge on any atom is -0.490 e. The highest BCUT2D eigenvalue weighted by molar-refractivity contribution is 5.90. The van der Waals surface area contributed by atoms with Crippen LogP contribution >= 0.6 is 0 Å². The van der Waals surface area contributed by atoms with Gasteiger partial charge in [0.05, 0.1) is 6.10 Å². The Bertz CT molecular complexity index is 864. The van der Waals surface area contributed by atoms with Crippen LogP contribution in [0.15, 0.2) is 29.1 Å². The predicted octanol–water partition coefficient (Wildman–Crippen LogP) is 2.73. The maximum atomic E-state index is 12.5. The number of ether oxygens (including phenoxy) is 1. The quantitative estimate of drug-likeness (QED) is 0.878. The number of amides is 1. The van der Waals surface area contributed by atoms with Gasteiger partial charge in [0.15, 0.2) is 0 Å². The van der Waals surface area contributed by atoms with Crippen molar-refractivity contribution < 1.29 is 9.53 Å². The molecule has 0 saturated heterocycles. The first-order valence-corrected chi connectivity index (χ1v) is 9.92. The highest BCUT2D eigenvalue weighted by Gasteiger charge is 2.18. The van der Waals surface area contributed by atoms with Crippen LogP contribution in [0.1, 0.15) is 50.8 Å². The molecular weight excluding hydrogens is 344 g/mol. The van der Waals surface area contributed by atoms with Crippen molar-refractivity contribution in [3.8, 4) is 5.75 Å². The Balaban J connectivity index is 1.40. The maximum Gasteiger partial charge on any atom is 0.346 e. The third kappa shape index (κ3) is 4.23. The lowest BCUT2D eigenvalue weighted by Crippen LogP contribution is -2.30. The Morgan fingerprint density at radius 1 is 1.19 bits per heavy atom. The molecular formula is C20H26N4O3. The van der Waals surface area contributed by atoms with E-state index >= 15 is 0 Å². The molecule has 1 amide bonds. The van der Waals surface area contributed by atoms with Gasteiger partial charge in [-0.1, -0.05) is 12.5 Å². The zero-order valence-electron chi connectivity index (χ0n) is 15.5. The first-order chi connectivity index (χ1) is 13.2. The van der Waals surface area contributed by atoms with Crippen LogP contribution in [0.2, 0.25) is 0 Å². The largest absolute Gasteiger partial charge is 0.490 e. The lowest BCUT2D eigenvalue weighted by atomic mass is 10.2. The minimum absolute atomic E-state index is 0.0768. The van der Waals surface area contributed by atoms with Gasteiger partial charge >= 0.3 is 5.69 Å². The molecule has 27 heavy (non-hydrogen) atoms. The average Bonchev–Trinajstić information content (AvgIpc) is 3.17. The van der Waals surface area contributed by atoms with Crippen molar-refractivity contribution in [2.75, 3.05) is 5.32 Å². The number of rotatable bonds is 5. The average molecular weight is 370 g/mol. The summed E-state index contributed by atoms with van der Waals surface area (Å²) in [6.45, 7) is 0.614. The molecule has 0 bridgehead atoms. The lowest BCUT2D eigenvalue weighted by Gasteiger charge is -2.14. The molecule has 7 heteroatoms. The fraction of sp³-hybridized carbons (Fsp3) is 0.550. The van der Waals surface area contributed by atoms with E-state index in [1.807, 2.05) is 24.3 Å². The van der Waals surface area contributed by atoms with E-state index in [2.05, 4.69) is 10.4 Å². The van der Waals surface area contributed by atoms with Gasteiger partial charge in [0.1, 0.15) is 18.1 Å². The Labute approximate surface area is 158 Å². The number of nitrogens with one attached hydrogen (secondary N) is 1. The molecule has 2 heterocycles. The molecule has 1 fully saturated rings. The van der Waals surface area contributed by atoms with E-state index in [0.717, 1.165) is 50.1 Å². The van der Waals surface area contributed by atoms with Crippen LogP contribution < -0.4 is 15.7 Å². The highest BCUT2D eigenvalue weighted by Crippen LogP contribution is 2.25. The van der Waals surface area contributed by atoms with Crippen molar-refractivity contribution >= 4 is 11.6 Å². The van der Waals surface area contributed by atoms with Crippen LogP contribution in [0.4, 0.5) is 5.69 Å². The molecule has 1 aliphatic heterocycles. The van der Waals surface area contributed by atoms with Crippen LogP contribution in [-0.2, 0) is 24.3 Å². The third-order valence-corrected chi connectivity index (χ3v) is 5.30. The summed E-state index contributed by atoms with van der Waals surface area (Å²) in [5, 5.41) is 7.21. The number of benzene rings is 1. The van der Waals surface area contributed by atoms with Gasteiger partial charge in [-0.15, -0.1) is 0 Å². The summed E-state index contributed by atoms with van der Waals surface area (Å²) in [5.41, 5.74) is 0.477. The minimum atomic E-state index is -0.261. The van der Waals surface area contributed by atoms with E-state index in [-0.39, 0.29) is 24.2 Å². The molecule has 4 rings (SSSR count). The second-order valence-electron chi connectivity index (χ2n) is 7.42. The molecule has 0 radical (unpaired) electrons. The highest BCUT2D eigenvalue weighted by atomic mass is 16.5. The maximum absolute atomic E-state index is 12.5. The molecule has 1 saturated carbocycles. The second-order valence-corrected chi connectivity index (χ2v) is 7.42. The molecule has 7 nitrogen and oxygen atoms in total. The molecule has 1 aromatic heterocycles. The number of carbonyl (C=O) groups is 1. The summed E-state index contributed by atoms with van der Waals surface area (Å²) in [5.74, 6) is 1.30. The fourth-order valence-corrected chi connectivity index (χ4v) is 3.91. The van der Waals surface area contributed by atoms with E-state index in [1.54, 1.807) is 4.57 Å². The monoisotopic (exact) mass is 370 g/mol. The van der Waals surface area contributed by atoms with E-state index in [1.165, 1.54) is 17.5 Å². The Morgan fingerprint density at radius 3 is 2.89 bits per heavy atom. The zero-order chi connectivity index (χ0) is 18.6. The normalized spacial score (nSPS) is 17.3. The Hall–Kier alpha value is -2.57. The van der Waals surface area contributed by atoms with Crippen molar-refractivity contribution in [2.45, 2.75) is 70.6 Å². The second kappa shape index (κ2) is 7.98. The first kappa shape index (κ1) is 17.8. The molecule has 1 aromatic carbocycles. The number of aromatic nitrogens is 3. The third-order valence-electron chi connectivity index (χ3n) is 5.30. The molecule has 2 aromatic rings. The van der Waals surface area contributed by atoms with Gasteiger partial charge < -0.3 is 10.1 Å². The van der Waals surface area contributed by atoms with Crippen molar-refractivity contribution in [1.82, 2.24) is 14.3 Å². The number of anilines is 1. The molecule has 0 unspecified atom stereocenters. The zero-order valence-corrected chi connectivity index (χ0v) is 15.5. The van der Waals surface area contributed by atoms with Crippen LogP contribution in [0.3, 0.4) is 0 Å². The number of hydrogen-bond acceptors (Lipinski definition) is 4. The molecule has 2 aliphatic rings. The number of nitrogens with zero attached hydrogens (tertiary/aromatic N) is 3. The van der Waals surface area contributed by atoms with Gasteiger partial charge in [-0.05, 0) is 50.7 Å². The van der Waals surface area contributed by atoms with E-state index in [0.29, 0.717) is 12.2 Å². The van der Waals surface area contributed by atoms with E-state index in [9.17, 15) is 9.59 Å². The lowest BCUT2D eigenvalue weighted by molar-refractivity contribution is -0.117. The van der Waals surface area contributed by atoms with Gasteiger partial charge in [-0.25, -0.2) is 9.48 Å². The van der Waals surface area contributed by atoms with Crippen LogP contribution in [-0.4, -0.2) is 26.4 Å². The van der Waals surface area contributed by atoms with Crippen molar-refractivity contribution in [1.29, 1.82) is 0 Å². The van der Waals surface area contributed by atoms with Crippen molar-refractivity contribution in [2.24, 2.45) is 0 Å². The first-order valence-electron chi connectivity index (χ1n) is 9.92. The molecule has 1 N–H and O–H groups in total. The summed E-state index contributed by atoms with van der Waals surface area (Å²) in [6.07, 6.45) is 8.81. The summed E-state index contributed by atoms with van der Waals surface area (Å²) in [4.78, 5) is 24.9. The standard InChI is InChI=1S/C20H26N4O3/c25-19(14-24-20(26)23-12-5-1-2-11-18(23)22-24)21-15-7-6-10-17(13-15)27-16-8-3-4-9-16/h6-7,10,13,16H,1-5,8-9,11-12,14H2,(H,21,25). The number of fused-ring (bicyclic) bond motifs is 1. The summed E-state index contributed by atoms with van der Waals surface area (Å²) in [7, 11) is 0. The van der Waals surface area contributed by atoms with Crippen LogP contribution in [0.25, 0.3) is 0 Å². The molecule has 144 valence electrons.